The van der Waals surface area contributed by atoms with Crippen LogP contribution in [0.5, 0.6) is 0 Å². The lowest BCUT2D eigenvalue weighted by Gasteiger charge is -2.39. The lowest BCUT2D eigenvalue weighted by molar-refractivity contribution is -0.126. The van der Waals surface area contributed by atoms with Gasteiger partial charge in [0.25, 0.3) is 5.91 Å². The van der Waals surface area contributed by atoms with E-state index in [2.05, 4.69) is 4.74 Å². The van der Waals surface area contributed by atoms with Gasteiger partial charge < -0.3 is 4.74 Å². The highest BCUT2D eigenvalue weighted by molar-refractivity contribution is 7.89. The van der Waals surface area contributed by atoms with Crippen molar-refractivity contribution >= 4 is 22.0 Å². The second-order valence-electron chi connectivity index (χ2n) is 6.88. The van der Waals surface area contributed by atoms with Gasteiger partial charge in [-0.3, -0.25) is 4.79 Å². The van der Waals surface area contributed by atoms with Gasteiger partial charge in [0.1, 0.15) is 0 Å². The number of fused-ring (bicyclic) bond motifs is 1. The van der Waals surface area contributed by atoms with Gasteiger partial charge in [0.2, 0.25) is 10.0 Å². The van der Waals surface area contributed by atoms with Crippen LogP contribution in [0.4, 0.5) is 4.79 Å². The first-order valence-corrected chi connectivity index (χ1v) is 9.98. The molecule has 0 bridgehead atoms. The molecule has 2 amide bonds. The van der Waals surface area contributed by atoms with Crippen molar-refractivity contribution in [3.05, 3.63) is 29.3 Å². The second kappa shape index (κ2) is 6.10. The van der Waals surface area contributed by atoms with Crippen LogP contribution in [0.25, 0.3) is 0 Å². The van der Waals surface area contributed by atoms with Gasteiger partial charge in [0.05, 0.1) is 4.90 Å². The molecule has 8 heteroatoms. The van der Waals surface area contributed by atoms with E-state index in [1.54, 1.807) is 12.1 Å². The maximum absolute atomic E-state index is 12.8. The fourth-order valence-electron chi connectivity index (χ4n) is 3.67. The molecule has 0 saturated carbocycles. The molecule has 134 valence electrons. The monoisotopic (exact) mass is 364 g/mol. The van der Waals surface area contributed by atoms with Crippen molar-refractivity contribution in [1.82, 2.24) is 9.21 Å². The first-order chi connectivity index (χ1) is 11.9. The molecule has 2 saturated heterocycles. The predicted octanol–water partition coefficient (Wildman–Crippen LogP) is 1.16. The smallest absolute Gasteiger partial charge is 0.417 e. The maximum Gasteiger partial charge on any atom is 0.417 e. The summed E-state index contributed by atoms with van der Waals surface area (Å²) in [5, 5.41) is 0. The number of ether oxygens (including phenoxy) is 1. The van der Waals surface area contributed by atoms with Gasteiger partial charge in [-0.15, -0.1) is 0 Å². The minimum atomic E-state index is -3.52. The predicted molar refractivity (Wildman–Crippen MR) is 88.4 cm³/mol. The highest BCUT2D eigenvalue weighted by atomic mass is 32.2. The molecule has 1 aliphatic carbocycles. The maximum atomic E-state index is 12.8. The van der Waals surface area contributed by atoms with E-state index in [9.17, 15) is 18.0 Å². The van der Waals surface area contributed by atoms with Crippen molar-refractivity contribution < 1.29 is 22.7 Å². The number of aryl methyl sites for hydroxylation is 2. The molecular formula is C17H20N2O5S. The zero-order valence-electron chi connectivity index (χ0n) is 13.8. The number of hydrogen-bond donors (Lipinski definition) is 0. The van der Waals surface area contributed by atoms with Crippen LogP contribution in [0.15, 0.2) is 23.1 Å². The van der Waals surface area contributed by atoms with Gasteiger partial charge in [0, 0.05) is 25.6 Å². The molecule has 4 rings (SSSR count). The van der Waals surface area contributed by atoms with E-state index < -0.39 is 16.1 Å². The number of rotatable bonds is 4. The SMILES string of the molecule is O=C1COC(=O)N1CC1CN(S(=O)(=O)c2ccc3c(c2)CCCC3)C1. The van der Waals surface area contributed by atoms with Gasteiger partial charge in [-0.25, -0.2) is 18.1 Å². The van der Waals surface area contributed by atoms with Crippen LogP contribution in [0, 0.1) is 5.92 Å². The number of cyclic esters (lactones) is 1. The lowest BCUT2D eigenvalue weighted by atomic mass is 9.92. The Kier molecular flexibility index (Phi) is 4.04. The van der Waals surface area contributed by atoms with Crippen molar-refractivity contribution in [2.24, 2.45) is 5.92 Å². The van der Waals surface area contributed by atoms with Crippen molar-refractivity contribution in [1.29, 1.82) is 0 Å². The van der Waals surface area contributed by atoms with E-state index in [1.165, 1.54) is 9.87 Å². The average molecular weight is 364 g/mol. The van der Waals surface area contributed by atoms with Crippen LogP contribution in [-0.2, 0) is 32.4 Å². The molecule has 0 unspecified atom stereocenters. The van der Waals surface area contributed by atoms with Gasteiger partial charge in [0.15, 0.2) is 6.61 Å². The molecule has 0 spiro atoms. The van der Waals surface area contributed by atoms with E-state index in [1.807, 2.05) is 6.07 Å². The molecule has 0 atom stereocenters. The number of carbonyl (C=O) groups excluding carboxylic acids is 2. The Morgan fingerprint density at radius 3 is 2.48 bits per heavy atom. The van der Waals surface area contributed by atoms with Crippen LogP contribution in [0.2, 0.25) is 0 Å². The van der Waals surface area contributed by atoms with Crippen molar-refractivity contribution in [2.45, 2.75) is 30.6 Å². The molecule has 3 aliphatic rings. The molecule has 1 aromatic rings. The highest BCUT2D eigenvalue weighted by Crippen LogP contribution is 2.29. The number of sulfonamides is 1. The average Bonchev–Trinajstić information content (AvgIpc) is 2.88. The number of hydrogen-bond acceptors (Lipinski definition) is 5. The number of amides is 2. The first-order valence-electron chi connectivity index (χ1n) is 8.54. The summed E-state index contributed by atoms with van der Waals surface area (Å²) in [6.45, 7) is 0.628. The summed E-state index contributed by atoms with van der Waals surface area (Å²) in [6, 6.07) is 5.42. The molecule has 0 N–H and O–H groups in total. The van der Waals surface area contributed by atoms with Gasteiger partial charge in [-0.2, -0.15) is 4.31 Å². The molecule has 7 nitrogen and oxygen atoms in total. The van der Waals surface area contributed by atoms with Crippen LogP contribution < -0.4 is 0 Å². The van der Waals surface area contributed by atoms with E-state index >= 15 is 0 Å². The summed E-state index contributed by atoms with van der Waals surface area (Å²) in [5.74, 6) is -0.400. The Hall–Kier alpha value is -1.93. The molecule has 0 radical (unpaired) electrons. The molecule has 0 aromatic heterocycles. The molecule has 2 heterocycles. The Bertz CT molecular complexity index is 813. The Labute approximate surface area is 146 Å². The first kappa shape index (κ1) is 16.5. The number of imide groups is 1. The van der Waals surface area contributed by atoms with E-state index in [0.717, 1.165) is 36.1 Å². The summed E-state index contributed by atoms with van der Waals surface area (Å²) < 4.78 is 31.6. The Balaban J connectivity index is 1.43. The summed E-state index contributed by atoms with van der Waals surface area (Å²) in [5.41, 5.74) is 2.38. The molecule has 1 aromatic carbocycles. The summed E-state index contributed by atoms with van der Waals surface area (Å²) in [4.78, 5) is 24.4. The number of carbonyl (C=O) groups is 2. The van der Waals surface area contributed by atoms with Gasteiger partial charge in [-0.1, -0.05) is 6.07 Å². The third-order valence-electron chi connectivity index (χ3n) is 5.16. The zero-order chi connectivity index (χ0) is 17.6. The summed E-state index contributed by atoms with van der Waals surface area (Å²) in [7, 11) is -3.52. The fourth-order valence-corrected chi connectivity index (χ4v) is 5.31. The minimum absolute atomic E-state index is 0.0398. The third-order valence-corrected chi connectivity index (χ3v) is 6.99. The number of nitrogens with zero attached hydrogens (tertiary/aromatic N) is 2. The van der Waals surface area contributed by atoms with Crippen molar-refractivity contribution in [3.63, 3.8) is 0 Å². The Morgan fingerprint density at radius 2 is 1.80 bits per heavy atom. The normalized spacial score (nSPS) is 21.8. The second-order valence-corrected chi connectivity index (χ2v) is 8.82. The van der Waals surface area contributed by atoms with Crippen molar-refractivity contribution in [3.8, 4) is 0 Å². The van der Waals surface area contributed by atoms with E-state index in [-0.39, 0.29) is 25.0 Å². The van der Waals surface area contributed by atoms with Crippen LogP contribution >= 0.6 is 0 Å². The van der Waals surface area contributed by atoms with Crippen molar-refractivity contribution in [2.75, 3.05) is 26.2 Å². The van der Waals surface area contributed by atoms with Gasteiger partial charge >= 0.3 is 6.09 Å². The number of benzene rings is 1. The zero-order valence-corrected chi connectivity index (χ0v) is 14.6. The molecule has 2 fully saturated rings. The van der Waals surface area contributed by atoms with Gasteiger partial charge in [-0.05, 0) is 48.9 Å². The third kappa shape index (κ3) is 2.93. The topological polar surface area (TPSA) is 84.0 Å². The largest absolute Gasteiger partial charge is 0.439 e. The summed E-state index contributed by atoms with van der Waals surface area (Å²) >= 11 is 0. The van der Waals surface area contributed by atoms with E-state index in [4.69, 9.17) is 0 Å². The lowest BCUT2D eigenvalue weighted by Crippen LogP contribution is -2.54. The standard InChI is InChI=1S/C17H20N2O5S/c20-16-11-24-17(21)19(16)10-12-8-18(9-12)25(22,23)15-6-5-13-3-1-2-4-14(13)7-15/h5-7,12H,1-4,8-11H2. The molecule has 2 aliphatic heterocycles. The molecular weight excluding hydrogens is 344 g/mol. The summed E-state index contributed by atoms with van der Waals surface area (Å²) in [6.07, 6.45) is 3.57. The Morgan fingerprint density at radius 1 is 1.08 bits per heavy atom. The van der Waals surface area contributed by atoms with E-state index in [0.29, 0.717) is 18.0 Å². The quantitative estimate of drug-likeness (QED) is 0.801. The van der Waals surface area contributed by atoms with Crippen LogP contribution in [-0.4, -0.2) is 55.9 Å². The fraction of sp³-hybridized carbons (Fsp3) is 0.529. The minimum Gasteiger partial charge on any atom is -0.439 e. The van der Waals surface area contributed by atoms with Crippen LogP contribution in [0.3, 0.4) is 0 Å². The van der Waals surface area contributed by atoms with Crippen LogP contribution in [0.1, 0.15) is 24.0 Å². The highest BCUT2D eigenvalue weighted by Gasteiger charge is 2.41. The molecule has 25 heavy (non-hydrogen) atoms.